The van der Waals surface area contributed by atoms with Crippen molar-refractivity contribution < 1.29 is 19.2 Å². The van der Waals surface area contributed by atoms with Crippen LogP contribution in [0.3, 0.4) is 0 Å². The van der Waals surface area contributed by atoms with E-state index in [2.05, 4.69) is 10.6 Å². The third-order valence-electron chi connectivity index (χ3n) is 2.42. The van der Waals surface area contributed by atoms with Gasteiger partial charge in [-0.15, -0.1) is 0 Å². The smallest absolute Gasteiger partial charge is 0.412 e. The number of benzene rings is 1. The number of rotatable bonds is 4. The summed E-state index contributed by atoms with van der Waals surface area (Å²) in [6.45, 7) is 5.20. The fourth-order valence-corrected chi connectivity index (χ4v) is 1.60. The number of methoxy groups -OCH3 is 1. The number of nitro benzene ring substituents is 1. The van der Waals surface area contributed by atoms with E-state index in [0.29, 0.717) is 0 Å². The normalized spacial score (nSPS) is 10.7. The van der Waals surface area contributed by atoms with Crippen LogP contribution < -0.4 is 15.4 Å². The molecule has 21 heavy (non-hydrogen) atoms. The monoisotopic (exact) mass is 297 g/mol. The molecule has 116 valence electrons. The van der Waals surface area contributed by atoms with Crippen LogP contribution in [0.25, 0.3) is 0 Å². The molecule has 0 heterocycles. The van der Waals surface area contributed by atoms with Crippen LogP contribution in [-0.4, -0.2) is 30.8 Å². The van der Waals surface area contributed by atoms with E-state index in [1.165, 1.54) is 19.2 Å². The highest BCUT2D eigenvalue weighted by Crippen LogP contribution is 2.36. The fraction of sp³-hybridized carbons (Fsp3) is 0.462. The Labute approximate surface area is 122 Å². The van der Waals surface area contributed by atoms with E-state index in [1.54, 1.807) is 27.8 Å². The topological polar surface area (TPSA) is 103 Å². The van der Waals surface area contributed by atoms with E-state index in [4.69, 9.17) is 9.47 Å². The van der Waals surface area contributed by atoms with E-state index < -0.39 is 16.6 Å². The van der Waals surface area contributed by atoms with Crippen molar-refractivity contribution in [1.29, 1.82) is 0 Å². The summed E-state index contributed by atoms with van der Waals surface area (Å²) in [7, 11) is 2.91. The van der Waals surface area contributed by atoms with E-state index >= 15 is 0 Å². The molecule has 0 fully saturated rings. The number of nitrogens with zero attached hydrogens (tertiary/aromatic N) is 1. The Morgan fingerprint density at radius 1 is 1.29 bits per heavy atom. The Kier molecular flexibility index (Phi) is 4.96. The Morgan fingerprint density at radius 2 is 1.90 bits per heavy atom. The molecule has 8 nitrogen and oxygen atoms in total. The van der Waals surface area contributed by atoms with Crippen LogP contribution in [0.2, 0.25) is 0 Å². The minimum Gasteiger partial charge on any atom is -0.494 e. The number of nitrogens with one attached hydrogen (secondary N) is 2. The summed E-state index contributed by atoms with van der Waals surface area (Å²) in [6, 6.07) is 2.65. The molecular weight excluding hydrogens is 278 g/mol. The van der Waals surface area contributed by atoms with Gasteiger partial charge in [-0.05, 0) is 26.8 Å². The molecule has 2 N–H and O–H groups in total. The summed E-state index contributed by atoms with van der Waals surface area (Å²) in [6.07, 6.45) is -0.670. The van der Waals surface area contributed by atoms with Gasteiger partial charge in [0, 0.05) is 7.05 Å². The van der Waals surface area contributed by atoms with Crippen molar-refractivity contribution in [1.82, 2.24) is 0 Å². The number of hydrogen-bond donors (Lipinski definition) is 2. The maximum atomic E-state index is 11.8. The minimum atomic E-state index is -0.670. The summed E-state index contributed by atoms with van der Waals surface area (Å²) in [5.41, 5.74) is -0.262. The lowest BCUT2D eigenvalue weighted by Gasteiger charge is -2.20. The quantitative estimate of drug-likeness (QED) is 0.654. The average molecular weight is 297 g/mol. The van der Waals surface area contributed by atoms with Crippen LogP contribution in [0.4, 0.5) is 21.9 Å². The molecule has 0 bridgehead atoms. The Balaban J connectivity index is 3.12. The Hall–Kier alpha value is -2.51. The van der Waals surface area contributed by atoms with Crippen molar-refractivity contribution in [3.63, 3.8) is 0 Å². The molecule has 0 radical (unpaired) electrons. The van der Waals surface area contributed by atoms with Crippen molar-refractivity contribution in [2.75, 3.05) is 24.8 Å². The highest BCUT2D eigenvalue weighted by Gasteiger charge is 2.21. The van der Waals surface area contributed by atoms with Crippen LogP contribution in [0, 0.1) is 10.1 Å². The zero-order valence-electron chi connectivity index (χ0n) is 12.6. The summed E-state index contributed by atoms with van der Waals surface area (Å²) in [5, 5.41) is 16.2. The number of carbonyl (C=O) groups is 1. The van der Waals surface area contributed by atoms with Crippen molar-refractivity contribution >= 4 is 23.2 Å². The second-order valence-corrected chi connectivity index (χ2v) is 5.20. The largest absolute Gasteiger partial charge is 0.494 e. The molecule has 0 saturated heterocycles. The summed E-state index contributed by atoms with van der Waals surface area (Å²) < 4.78 is 10.2. The molecule has 1 amide bonds. The van der Waals surface area contributed by atoms with Gasteiger partial charge in [0.2, 0.25) is 0 Å². The molecule has 1 rings (SSSR count). The van der Waals surface area contributed by atoms with Crippen molar-refractivity contribution in [3.05, 3.63) is 22.2 Å². The molecule has 0 saturated carbocycles. The zero-order chi connectivity index (χ0) is 16.2. The van der Waals surface area contributed by atoms with Gasteiger partial charge in [0.05, 0.1) is 23.8 Å². The molecule has 0 spiro atoms. The third-order valence-corrected chi connectivity index (χ3v) is 2.42. The number of carbonyl (C=O) groups excluding carboxylic acids is 1. The molecule has 0 aromatic heterocycles. The van der Waals surface area contributed by atoms with Crippen LogP contribution in [0.15, 0.2) is 12.1 Å². The first-order chi connectivity index (χ1) is 9.67. The predicted molar refractivity (Wildman–Crippen MR) is 79.1 cm³/mol. The van der Waals surface area contributed by atoms with Gasteiger partial charge in [0.1, 0.15) is 17.0 Å². The summed E-state index contributed by atoms with van der Waals surface area (Å²) >= 11 is 0. The maximum Gasteiger partial charge on any atom is 0.412 e. The van der Waals surface area contributed by atoms with Crippen LogP contribution in [0.5, 0.6) is 5.75 Å². The van der Waals surface area contributed by atoms with Crippen molar-refractivity contribution in [2.24, 2.45) is 0 Å². The molecule has 0 atom stereocenters. The van der Waals surface area contributed by atoms with Crippen LogP contribution in [-0.2, 0) is 4.74 Å². The molecule has 0 unspecified atom stereocenters. The first-order valence-corrected chi connectivity index (χ1v) is 6.22. The molecule has 0 aliphatic carbocycles. The number of hydrogen-bond acceptors (Lipinski definition) is 6. The second kappa shape index (κ2) is 6.29. The molecule has 0 aliphatic heterocycles. The highest BCUT2D eigenvalue weighted by atomic mass is 16.6. The number of amides is 1. The summed E-state index contributed by atoms with van der Waals surface area (Å²) in [4.78, 5) is 22.2. The zero-order valence-corrected chi connectivity index (χ0v) is 12.6. The van der Waals surface area contributed by atoms with E-state index in [9.17, 15) is 14.9 Å². The van der Waals surface area contributed by atoms with Crippen LogP contribution >= 0.6 is 0 Å². The highest BCUT2D eigenvalue weighted by molar-refractivity contribution is 5.89. The van der Waals surface area contributed by atoms with Gasteiger partial charge < -0.3 is 14.8 Å². The molecular formula is C13H19N3O5. The Bertz CT molecular complexity index is 551. The first-order valence-electron chi connectivity index (χ1n) is 6.22. The molecule has 0 aliphatic rings. The number of nitro groups is 1. The lowest BCUT2D eigenvalue weighted by atomic mass is 10.2. The summed E-state index contributed by atoms with van der Waals surface area (Å²) in [5.74, 6) is 0.173. The SMILES string of the molecule is CNc1cc(NC(=O)OC(C)(C)C)c(OC)cc1[N+](=O)[O-]. The van der Waals surface area contributed by atoms with Gasteiger partial charge in [-0.2, -0.15) is 0 Å². The maximum absolute atomic E-state index is 11.8. The van der Waals surface area contributed by atoms with E-state index in [-0.39, 0.29) is 22.8 Å². The van der Waals surface area contributed by atoms with E-state index in [0.717, 1.165) is 0 Å². The Morgan fingerprint density at radius 3 is 2.33 bits per heavy atom. The standard InChI is InChI=1S/C13H19N3O5/c1-13(2,3)21-12(17)15-9-6-8(14-4)10(16(18)19)7-11(9)20-5/h6-7,14H,1-5H3,(H,15,17). The van der Waals surface area contributed by atoms with Gasteiger partial charge >= 0.3 is 6.09 Å². The first kappa shape index (κ1) is 16.5. The predicted octanol–water partition coefficient (Wildman–Crippen LogP) is 2.99. The van der Waals surface area contributed by atoms with Gasteiger partial charge in [0.25, 0.3) is 5.69 Å². The minimum absolute atomic E-state index is 0.149. The number of ether oxygens (including phenoxy) is 2. The average Bonchev–Trinajstić information content (AvgIpc) is 2.35. The van der Waals surface area contributed by atoms with Gasteiger partial charge in [-0.25, -0.2) is 4.79 Å². The second-order valence-electron chi connectivity index (χ2n) is 5.20. The molecule has 1 aromatic rings. The van der Waals surface area contributed by atoms with Crippen molar-refractivity contribution in [2.45, 2.75) is 26.4 Å². The molecule has 8 heteroatoms. The lowest BCUT2D eigenvalue weighted by Crippen LogP contribution is -2.27. The van der Waals surface area contributed by atoms with E-state index in [1.807, 2.05) is 0 Å². The van der Waals surface area contributed by atoms with Crippen molar-refractivity contribution in [3.8, 4) is 5.75 Å². The fourth-order valence-electron chi connectivity index (χ4n) is 1.60. The third kappa shape index (κ3) is 4.51. The van der Waals surface area contributed by atoms with Gasteiger partial charge in [-0.3, -0.25) is 15.4 Å². The van der Waals surface area contributed by atoms with Gasteiger partial charge in [0.15, 0.2) is 0 Å². The number of anilines is 2. The van der Waals surface area contributed by atoms with Crippen LogP contribution in [0.1, 0.15) is 20.8 Å². The molecule has 1 aromatic carbocycles. The lowest BCUT2D eigenvalue weighted by molar-refractivity contribution is -0.384. The van der Waals surface area contributed by atoms with Gasteiger partial charge in [-0.1, -0.05) is 0 Å².